The van der Waals surface area contributed by atoms with Gasteiger partial charge in [0.05, 0.1) is 4.92 Å². The van der Waals surface area contributed by atoms with E-state index in [-0.39, 0.29) is 11.7 Å². The van der Waals surface area contributed by atoms with Gasteiger partial charge in [0.15, 0.2) is 0 Å². The molecule has 0 aliphatic heterocycles. The molecule has 2 N–H and O–H groups in total. The first kappa shape index (κ1) is 15.1. The molecule has 6 heteroatoms. The monoisotopic (exact) mass is 266 g/mol. The van der Waals surface area contributed by atoms with Crippen molar-refractivity contribution >= 4 is 11.7 Å². The Balaban J connectivity index is 2.81. The van der Waals surface area contributed by atoms with Crippen LogP contribution in [0.2, 0.25) is 0 Å². The van der Waals surface area contributed by atoms with Crippen LogP contribution < -0.4 is 5.32 Å². The third-order valence-corrected chi connectivity index (χ3v) is 2.91. The van der Waals surface area contributed by atoms with Crippen molar-refractivity contribution < 1.29 is 14.8 Å². The Hall–Kier alpha value is -1.95. The third-order valence-electron chi connectivity index (χ3n) is 2.91. The number of nitro benzene ring substituents is 1. The van der Waals surface area contributed by atoms with Gasteiger partial charge in [-0.3, -0.25) is 20.2 Å². The van der Waals surface area contributed by atoms with E-state index >= 15 is 0 Å². The number of aliphatic carboxylic acids is 1. The van der Waals surface area contributed by atoms with Crippen LogP contribution in [-0.2, 0) is 4.79 Å². The van der Waals surface area contributed by atoms with Gasteiger partial charge in [-0.25, -0.2) is 0 Å². The summed E-state index contributed by atoms with van der Waals surface area (Å²) in [5, 5.41) is 22.7. The van der Waals surface area contributed by atoms with Crippen molar-refractivity contribution in [3.05, 3.63) is 39.9 Å². The lowest BCUT2D eigenvalue weighted by atomic mass is 10.1. The van der Waals surface area contributed by atoms with Crippen molar-refractivity contribution in [2.24, 2.45) is 0 Å². The minimum atomic E-state index is -0.904. The minimum Gasteiger partial charge on any atom is -0.480 e. The zero-order chi connectivity index (χ0) is 14.4. The number of carbonyl (C=O) groups is 1. The van der Waals surface area contributed by atoms with Crippen molar-refractivity contribution in [2.75, 3.05) is 0 Å². The predicted molar refractivity (Wildman–Crippen MR) is 71.0 cm³/mol. The molecule has 1 aromatic rings. The first-order valence-electron chi connectivity index (χ1n) is 6.19. The maximum absolute atomic E-state index is 11.1. The van der Waals surface area contributed by atoms with Crippen molar-refractivity contribution in [3.63, 3.8) is 0 Å². The summed E-state index contributed by atoms with van der Waals surface area (Å²) in [5.74, 6) is -0.904. The molecule has 0 radical (unpaired) electrons. The fraction of sp³-hybridized carbons (Fsp3) is 0.462. The van der Waals surface area contributed by atoms with E-state index in [0.29, 0.717) is 12.0 Å². The molecule has 0 amide bonds. The second-order valence-corrected chi connectivity index (χ2v) is 4.42. The van der Waals surface area contributed by atoms with Gasteiger partial charge in [0, 0.05) is 18.2 Å². The molecule has 1 aromatic carbocycles. The molecule has 0 fully saturated rings. The molecule has 19 heavy (non-hydrogen) atoms. The molecule has 0 spiro atoms. The highest BCUT2D eigenvalue weighted by molar-refractivity contribution is 5.73. The standard InChI is InChI=1S/C13H18N2O4/c1-3-5-12(13(16)17)14-9(2)10-6-4-7-11(8-10)15(18)19/h4,6-9,12,14H,3,5H2,1-2H3,(H,16,17). The molecule has 0 aliphatic rings. The van der Waals surface area contributed by atoms with E-state index in [1.807, 2.05) is 6.92 Å². The van der Waals surface area contributed by atoms with Gasteiger partial charge in [-0.05, 0) is 18.9 Å². The molecule has 0 heterocycles. The average Bonchev–Trinajstić information content (AvgIpc) is 2.38. The molecular formula is C13H18N2O4. The van der Waals surface area contributed by atoms with Gasteiger partial charge < -0.3 is 5.11 Å². The molecule has 0 bridgehead atoms. The first-order chi connectivity index (χ1) is 8.95. The normalized spacial score (nSPS) is 13.8. The molecule has 2 atom stereocenters. The number of rotatable bonds is 7. The minimum absolute atomic E-state index is 0.00789. The van der Waals surface area contributed by atoms with Gasteiger partial charge >= 0.3 is 5.97 Å². The summed E-state index contributed by atoms with van der Waals surface area (Å²) in [6, 6.07) is 5.32. The smallest absolute Gasteiger partial charge is 0.320 e. The summed E-state index contributed by atoms with van der Waals surface area (Å²) >= 11 is 0. The fourth-order valence-electron chi connectivity index (χ4n) is 1.87. The number of hydrogen-bond acceptors (Lipinski definition) is 4. The van der Waals surface area contributed by atoms with Crippen LogP contribution in [0.15, 0.2) is 24.3 Å². The number of non-ortho nitro benzene ring substituents is 1. The molecule has 0 aromatic heterocycles. The Morgan fingerprint density at radius 2 is 2.21 bits per heavy atom. The Morgan fingerprint density at radius 1 is 1.53 bits per heavy atom. The van der Waals surface area contributed by atoms with Crippen LogP contribution in [0, 0.1) is 10.1 Å². The van der Waals surface area contributed by atoms with Gasteiger partial charge in [0.1, 0.15) is 6.04 Å². The van der Waals surface area contributed by atoms with Crippen molar-refractivity contribution in [3.8, 4) is 0 Å². The van der Waals surface area contributed by atoms with Crippen molar-refractivity contribution in [2.45, 2.75) is 38.8 Å². The number of nitrogens with one attached hydrogen (secondary N) is 1. The number of carboxylic acid groups (broad SMARTS) is 1. The second-order valence-electron chi connectivity index (χ2n) is 4.42. The quantitative estimate of drug-likeness (QED) is 0.584. The molecule has 1 rings (SSSR count). The fourth-order valence-corrected chi connectivity index (χ4v) is 1.87. The Bertz CT molecular complexity index is 462. The van der Waals surface area contributed by atoms with Crippen LogP contribution in [0.4, 0.5) is 5.69 Å². The molecule has 0 aliphatic carbocycles. The number of nitro groups is 1. The predicted octanol–water partition coefficient (Wildman–Crippen LogP) is 2.50. The van der Waals surface area contributed by atoms with Crippen molar-refractivity contribution in [1.82, 2.24) is 5.32 Å². The largest absolute Gasteiger partial charge is 0.480 e. The summed E-state index contributed by atoms with van der Waals surface area (Å²) in [6.45, 7) is 3.71. The molecular weight excluding hydrogens is 248 g/mol. The molecule has 6 nitrogen and oxygen atoms in total. The van der Waals surface area contributed by atoms with Crippen LogP contribution in [0.25, 0.3) is 0 Å². The van der Waals surface area contributed by atoms with E-state index in [0.717, 1.165) is 6.42 Å². The topological polar surface area (TPSA) is 92.5 Å². The van der Waals surface area contributed by atoms with E-state index < -0.39 is 16.9 Å². The molecule has 0 saturated heterocycles. The summed E-state index contributed by atoms with van der Waals surface area (Å²) in [7, 11) is 0. The Morgan fingerprint density at radius 3 is 2.74 bits per heavy atom. The maximum atomic E-state index is 11.1. The zero-order valence-electron chi connectivity index (χ0n) is 11.0. The van der Waals surface area contributed by atoms with Gasteiger partial charge in [-0.1, -0.05) is 25.5 Å². The van der Waals surface area contributed by atoms with E-state index in [2.05, 4.69) is 5.32 Å². The average molecular weight is 266 g/mol. The van der Waals surface area contributed by atoms with E-state index in [9.17, 15) is 14.9 Å². The first-order valence-corrected chi connectivity index (χ1v) is 6.19. The summed E-state index contributed by atoms with van der Waals surface area (Å²) in [4.78, 5) is 21.3. The zero-order valence-corrected chi connectivity index (χ0v) is 11.0. The van der Waals surface area contributed by atoms with E-state index in [4.69, 9.17) is 5.11 Å². The van der Waals surface area contributed by atoms with Crippen molar-refractivity contribution in [1.29, 1.82) is 0 Å². The third kappa shape index (κ3) is 4.33. The highest BCUT2D eigenvalue weighted by Crippen LogP contribution is 2.19. The number of carboxylic acids is 1. The van der Waals surface area contributed by atoms with E-state index in [1.54, 1.807) is 19.1 Å². The maximum Gasteiger partial charge on any atom is 0.320 e. The highest BCUT2D eigenvalue weighted by atomic mass is 16.6. The lowest BCUT2D eigenvalue weighted by Crippen LogP contribution is -2.38. The second kappa shape index (κ2) is 6.84. The molecule has 104 valence electrons. The summed E-state index contributed by atoms with van der Waals surface area (Å²) in [6.07, 6.45) is 1.28. The summed E-state index contributed by atoms with van der Waals surface area (Å²) in [5.41, 5.74) is 0.713. The van der Waals surface area contributed by atoms with Gasteiger partial charge in [0.25, 0.3) is 5.69 Å². The SMILES string of the molecule is CCCC(NC(C)c1cccc([N+](=O)[O-])c1)C(=O)O. The lowest BCUT2D eigenvalue weighted by molar-refractivity contribution is -0.384. The molecule has 0 saturated carbocycles. The van der Waals surface area contributed by atoms with E-state index in [1.165, 1.54) is 12.1 Å². The number of nitrogens with zero attached hydrogens (tertiary/aromatic N) is 1. The Kier molecular flexibility index (Phi) is 5.44. The highest BCUT2D eigenvalue weighted by Gasteiger charge is 2.20. The number of hydrogen-bond donors (Lipinski definition) is 2. The van der Waals surface area contributed by atoms with Crippen LogP contribution in [0.1, 0.15) is 38.3 Å². The van der Waals surface area contributed by atoms with Crippen LogP contribution in [-0.4, -0.2) is 22.0 Å². The van der Waals surface area contributed by atoms with Crippen LogP contribution in [0.3, 0.4) is 0 Å². The van der Waals surface area contributed by atoms with Gasteiger partial charge in [-0.2, -0.15) is 0 Å². The van der Waals surface area contributed by atoms with Crippen LogP contribution >= 0.6 is 0 Å². The lowest BCUT2D eigenvalue weighted by Gasteiger charge is -2.20. The Labute approximate surface area is 111 Å². The van der Waals surface area contributed by atoms with Gasteiger partial charge in [0.2, 0.25) is 0 Å². The van der Waals surface area contributed by atoms with Gasteiger partial charge in [-0.15, -0.1) is 0 Å². The molecule has 2 unspecified atom stereocenters. The summed E-state index contributed by atoms with van der Waals surface area (Å²) < 4.78 is 0. The van der Waals surface area contributed by atoms with Crippen LogP contribution in [0.5, 0.6) is 0 Å². The number of benzene rings is 1.